The van der Waals surface area contributed by atoms with Gasteiger partial charge in [-0.15, -0.1) is 11.3 Å². The summed E-state index contributed by atoms with van der Waals surface area (Å²) in [6.07, 6.45) is 1.65. The summed E-state index contributed by atoms with van der Waals surface area (Å²) in [5, 5.41) is 1.81. The van der Waals surface area contributed by atoms with Crippen LogP contribution in [0.1, 0.15) is 10.4 Å². The second-order valence-electron chi connectivity index (χ2n) is 4.41. The Balaban J connectivity index is 2.39. The first-order chi connectivity index (χ1) is 9.08. The molecule has 0 aliphatic carbocycles. The molecule has 3 rings (SSSR count). The molecule has 0 amide bonds. The van der Waals surface area contributed by atoms with Gasteiger partial charge in [0.25, 0.3) is 0 Å². The molecule has 2 nitrogen and oxygen atoms in total. The number of rotatable bonds is 1. The highest BCUT2D eigenvalue weighted by Gasteiger charge is 2.14. The number of benzene rings is 1. The molecule has 5 heteroatoms. The van der Waals surface area contributed by atoms with E-state index in [0.29, 0.717) is 0 Å². The van der Waals surface area contributed by atoms with E-state index in [4.69, 9.17) is 23.8 Å². The molecule has 0 bridgehead atoms. The molecule has 0 unspecified atom stereocenters. The Morgan fingerprint density at radius 2 is 2.11 bits per heavy atom. The zero-order chi connectivity index (χ0) is 13.6. The van der Waals surface area contributed by atoms with Crippen LogP contribution >= 0.6 is 35.2 Å². The molecule has 1 aromatic carbocycles. The van der Waals surface area contributed by atoms with Gasteiger partial charge in [0.05, 0.1) is 11.7 Å². The quantitative estimate of drug-likeness (QED) is 0.619. The first kappa shape index (κ1) is 12.8. The summed E-state index contributed by atoms with van der Waals surface area (Å²) in [7, 11) is 0. The minimum atomic E-state index is 0.733. The molecular formula is C14H11ClN2S2. The normalized spacial score (nSPS) is 11.1. The third-order valence-corrected chi connectivity index (χ3v) is 4.88. The number of nitrogens with one attached hydrogen (secondary N) is 1. The van der Waals surface area contributed by atoms with Crippen LogP contribution in [0.5, 0.6) is 0 Å². The van der Waals surface area contributed by atoms with Crippen LogP contribution < -0.4 is 0 Å². The largest absolute Gasteiger partial charge is 0.337 e. The summed E-state index contributed by atoms with van der Waals surface area (Å²) in [6, 6.07) is 6.06. The maximum Gasteiger partial charge on any atom is 0.128 e. The number of nitrogens with zero attached hydrogens (tertiary/aromatic N) is 1. The van der Waals surface area contributed by atoms with E-state index >= 15 is 0 Å². The highest BCUT2D eigenvalue weighted by Crippen LogP contribution is 2.38. The smallest absolute Gasteiger partial charge is 0.128 e. The van der Waals surface area contributed by atoms with Gasteiger partial charge in [-0.05, 0) is 37.1 Å². The van der Waals surface area contributed by atoms with Crippen molar-refractivity contribution in [1.29, 1.82) is 0 Å². The van der Waals surface area contributed by atoms with Gasteiger partial charge in [0.1, 0.15) is 9.47 Å². The molecule has 0 radical (unpaired) electrons. The van der Waals surface area contributed by atoms with E-state index in [1.165, 1.54) is 4.88 Å². The Bertz CT molecular complexity index is 833. The molecule has 3 aromatic rings. The molecule has 0 fully saturated rings. The minimum Gasteiger partial charge on any atom is -0.337 e. The second kappa shape index (κ2) is 4.71. The summed E-state index contributed by atoms with van der Waals surface area (Å²) in [5.74, 6) is 0. The third-order valence-electron chi connectivity index (χ3n) is 3.12. The zero-order valence-electron chi connectivity index (χ0n) is 10.5. The zero-order valence-corrected chi connectivity index (χ0v) is 12.8. The van der Waals surface area contributed by atoms with E-state index in [-0.39, 0.29) is 0 Å². The van der Waals surface area contributed by atoms with Crippen molar-refractivity contribution in [3.63, 3.8) is 0 Å². The van der Waals surface area contributed by atoms with E-state index in [9.17, 15) is 0 Å². The number of fused-ring (bicyclic) bond motifs is 1. The topological polar surface area (TPSA) is 28.7 Å². The number of aryl methyl sites for hydroxylation is 2. The molecule has 2 heterocycles. The highest BCUT2D eigenvalue weighted by atomic mass is 35.5. The molecule has 0 aliphatic heterocycles. The standard InChI is InChI=1S/C14H11ClN2S2/c1-7-5-9(3-4-10(7)15)11-8(2)19-14-12(11)13(18)16-6-17-14/h3-6H,1-2H3,(H,16,17,18). The lowest BCUT2D eigenvalue weighted by Gasteiger charge is -2.05. The average Bonchev–Trinajstić information content (AvgIpc) is 2.70. The Labute approximate surface area is 125 Å². The monoisotopic (exact) mass is 306 g/mol. The molecule has 96 valence electrons. The number of hydrogen-bond donors (Lipinski definition) is 1. The van der Waals surface area contributed by atoms with Crippen LogP contribution in [0.15, 0.2) is 24.5 Å². The SMILES string of the molecule is Cc1cc(-c2c(C)sc3nc[nH]c(=S)c23)ccc1Cl. The number of aromatic nitrogens is 2. The second-order valence-corrected chi connectivity index (χ2v) is 6.43. The fourth-order valence-corrected chi connectivity index (χ4v) is 3.66. The van der Waals surface area contributed by atoms with Gasteiger partial charge in [-0.1, -0.05) is 29.9 Å². The van der Waals surface area contributed by atoms with Crippen molar-refractivity contribution in [2.45, 2.75) is 13.8 Å². The van der Waals surface area contributed by atoms with Crippen LogP contribution in [0, 0.1) is 18.5 Å². The van der Waals surface area contributed by atoms with Crippen LogP contribution in [0.25, 0.3) is 21.3 Å². The van der Waals surface area contributed by atoms with Gasteiger partial charge in [0, 0.05) is 15.5 Å². The molecule has 0 saturated heterocycles. The minimum absolute atomic E-state index is 0.733. The van der Waals surface area contributed by atoms with Crippen molar-refractivity contribution < 1.29 is 0 Å². The van der Waals surface area contributed by atoms with Crippen molar-refractivity contribution in [3.05, 3.63) is 44.6 Å². The van der Waals surface area contributed by atoms with Crippen molar-refractivity contribution in [2.24, 2.45) is 0 Å². The number of hydrogen-bond acceptors (Lipinski definition) is 3. The fourth-order valence-electron chi connectivity index (χ4n) is 2.20. The van der Waals surface area contributed by atoms with E-state index in [2.05, 4.69) is 23.0 Å². The van der Waals surface area contributed by atoms with Gasteiger partial charge in [-0.3, -0.25) is 0 Å². The summed E-state index contributed by atoms with van der Waals surface area (Å²) < 4.78 is 0.733. The molecular weight excluding hydrogens is 296 g/mol. The lowest BCUT2D eigenvalue weighted by atomic mass is 10.0. The van der Waals surface area contributed by atoms with Gasteiger partial charge < -0.3 is 4.98 Å². The maximum absolute atomic E-state index is 6.09. The fraction of sp³-hybridized carbons (Fsp3) is 0.143. The van der Waals surface area contributed by atoms with Crippen molar-refractivity contribution in [1.82, 2.24) is 9.97 Å². The van der Waals surface area contributed by atoms with Gasteiger partial charge in [0.2, 0.25) is 0 Å². The molecule has 0 saturated carbocycles. The Hall–Kier alpha value is -1.23. The highest BCUT2D eigenvalue weighted by molar-refractivity contribution is 7.71. The van der Waals surface area contributed by atoms with Crippen LogP contribution in [0.4, 0.5) is 0 Å². The predicted molar refractivity (Wildman–Crippen MR) is 84.7 cm³/mol. The van der Waals surface area contributed by atoms with Crippen molar-refractivity contribution in [3.8, 4) is 11.1 Å². The van der Waals surface area contributed by atoms with Gasteiger partial charge in [0.15, 0.2) is 0 Å². The number of H-pyrrole nitrogens is 1. The summed E-state index contributed by atoms with van der Waals surface area (Å²) >= 11 is 13.2. The third kappa shape index (κ3) is 2.10. The molecule has 0 aliphatic rings. The maximum atomic E-state index is 6.09. The molecule has 0 atom stereocenters. The number of thiophene rings is 1. The summed E-state index contributed by atoms with van der Waals surface area (Å²) in [5.41, 5.74) is 3.36. The summed E-state index contributed by atoms with van der Waals surface area (Å²) in [6.45, 7) is 4.11. The van der Waals surface area contributed by atoms with Crippen molar-refractivity contribution in [2.75, 3.05) is 0 Å². The Kier molecular flexibility index (Phi) is 3.17. The van der Waals surface area contributed by atoms with E-state index < -0.39 is 0 Å². The molecule has 19 heavy (non-hydrogen) atoms. The average molecular weight is 307 g/mol. The van der Waals surface area contributed by atoms with Crippen LogP contribution in [0.3, 0.4) is 0 Å². The Morgan fingerprint density at radius 1 is 1.32 bits per heavy atom. The lowest BCUT2D eigenvalue weighted by Crippen LogP contribution is -1.84. The first-order valence-electron chi connectivity index (χ1n) is 5.81. The number of aromatic amines is 1. The van der Waals surface area contributed by atoms with E-state index in [1.54, 1.807) is 17.7 Å². The summed E-state index contributed by atoms with van der Waals surface area (Å²) in [4.78, 5) is 9.56. The molecule has 0 spiro atoms. The van der Waals surface area contributed by atoms with Gasteiger partial charge >= 0.3 is 0 Å². The lowest BCUT2D eigenvalue weighted by molar-refractivity contribution is 1.22. The van der Waals surface area contributed by atoms with Crippen LogP contribution in [-0.2, 0) is 0 Å². The molecule has 2 aromatic heterocycles. The first-order valence-corrected chi connectivity index (χ1v) is 7.41. The van der Waals surface area contributed by atoms with Gasteiger partial charge in [-0.2, -0.15) is 0 Å². The van der Waals surface area contributed by atoms with Crippen LogP contribution in [0.2, 0.25) is 5.02 Å². The van der Waals surface area contributed by atoms with Crippen molar-refractivity contribution >= 4 is 45.4 Å². The number of halogens is 1. The van der Waals surface area contributed by atoms with Crippen LogP contribution in [-0.4, -0.2) is 9.97 Å². The van der Waals surface area contributed by atoms with E-state index in [0.717, 1.165) is 36.6 Å². The van der Waals surface area contributed by atoms with Gasteiger partial charge in [-0.25, -0.2) is 4.98 Å². The van der Waals surface area contributed by atoms with E-state index in [1.807, 2.05) is 19.1 Å². The molecule has 1 N–H and O–H groups in total. The Morgan fingerprint density at radius 3 is 2.84 bits per heavy atom. The predicted octanol–water partition coefficient (Wildman–Crippen LogP) is 5.29.